The second-order valence-corrected chi connectivity index (χ2v) is 8.45. The topological polar surface area (TPSA) is 37.4 Å². The number of nitrogens with zero attached hydrogens (tertiary/aromatic N) is 1. The molecule has 0 aromatic heterocycles. The fourth-order valence-electron chi connectivity index (χ4n) is 2.69. The Morgan fingerprint density at radius 3 is 2.75 bits per heavy atom. The van der Waals surface area contributed by atoms with Gasteiger partial charge in [0.1, 0.15) is 0 Å². The zero-order valence-corrected chi connectivity index (χ0v) is 14.8. The van der Waals surface area contributed by atoms with Crippen molar-refractivity contribution in [3.05, 3.63) is 28.2 Å². The summed E-state index contributed by atoms with van der Waals surface area (Å²) in [5.41, 5.74) is 0.814. The van der Waals surface area contributed by atoms with Crippen LogP contribution in [0.15, 0.2) is 27.6 Å². The predicted octanol–water partition coefficient (Wildman–Crippen LogP) is 4.00. The van der Waals surface area contributed by atoms with E-state index in [9.17, 15) is 8.42 Å². The van der Waals surface area contributed by atoms with Gasteiger partial charge in [-0.05, 0) is 52.4 Å². The first-order chi connectivity index (χ1) is 9.37. The Bertz CT molecular complexity index is 589. The summed E-state index contributed by atoms with van der Waals surface area (Å²) in [7, 11) is -3.47. The number of hydrogen-bond donors (Lipinski definition) is 0. The van der Waals surface area contributed by atoms with Gasteiger partial charge in [-0.3, -0.25) is 0 Å². The van der Waals surface area contributed by atoms with Gasteiger partial charge in [0.2, 0.25) is 10.0 Å². The second kappa shape index (κ2) is 6.34. The Labute approximate surface area is 134 Å². The van der Waals surface area contributed by atoms with Crippen molar-refractivity contribution in [1.29, 1.82) is 0 Å². The van der Waals surface area contributed by atoms with Crippen molar-refractivity contribution in [1.82, 2.24) is 4.31 Å². The maximum absolute atomic E-state index is 12.9. The minimum Gasteiger partial charge on any atom is -0.207 e. The van der Waals surface area contributed by atoms with E-state index in [0.29, 0.717) is 27.7 Å². The molecule has 3 nitrogen and oxygen atoms in total. The molecule has 1 atom stereocenters. The summed E-state index contributed by atoms with van der Waals surface area (Å²) in [4.78, 5) is 0.322. The lowest BCUT2D eigenvalue weighted by Crippen LogP contribution is -2.38. The van der Waals surface area contributed by atoms with Crippen LogP contribution in [0, 0.1) is 5.92 Å². The van der Waals surface area contributed by atoms with Crippen molar-refractivity contribution in [2.24, 2.45) is 5.92 Å². The van der Waals surface area contributed by atoms with Crippen LogP contribution in [0.2, 0.25) is 0 Å². The van der Waals surface area contributed by atoms with Crippen LogP contribution in [-0.4, -0.2) is 25.3 Å². The zero-order chi connectivity index (χ0) is 14.9. The predicted molar refractivity (Wildman–Crippen MR) is 85.5 cm³/mol. The summed E-state index contributed by atoms with van der Waals surface area (Å²) < 4.78 is 28.0. The first-order valence-corrected chi connectivity index (χ1v) is 9.51. The highest BCUT2D eigenvalue weighted by molar-refractivity contribution is 9.10. The molecule has 0 bridgehead atoms. The molecule has 0 amide bonds. The minimum absolute atomic E-state index is 0.0894. The van der Waals surface area contributed by atoms with Crippen molar-refractivity contribution in [3.63, 3.8) is 0 Å². The third-order valence-electron chi connectivity index (χ3n) is 3.75. The van der Waals surface area contributed by atoms with Gasteiger partial charge >= 0.3 is 0 Å². The Hall–Kier alpha value is -0.100. The third kappa shape index (κ3) is 3.06. The van der Waals surface area contributed by atoms with E-state index in [1.54, 1.807) is 16.4 Å². The molecular formula is C14H19BrClNO2S. The summed E-state index contributed by atoms with van der Waals surface area (Å²) in [5.74, 6) is 0.630. The molecular weight excluding hydrogens is 362 g/mol. The van der Waals surface area contributed by atoms with Crippen molar-refractivity contribution < 1.29 is 8.42 Å². The third-order valence-corrected chi connectivity index (χ3v) is 6.98. The van der Waals surface area contributed by atoms with Gasteiger partial charge in [0.05, 0.1) is 4.90 Å². The summed E-state index contributed by atoms with van der Waals surface area (Å²) in [6.45, 7) is 4.74. The normalized spacial score (nSPS) is 20.8. The van der Waals surface area contributed by atoms with Crippen LogP contribution in [0.5, 0.6) is 0 Å². The summed E-state index contributed by atoms with van der Waals surface area (Å²) in [6, 6.07) is 5.35. The maximum Gasteiger partial charge on any atom is 0.244 e. The number of benzene rings is 1. The van der Waals surface area contributed by atoms with Crippen LogP contribution < -0.4 is 0 Å². The standard InChI is InChI=1S/C14H19BrClNO2S/c1-10(2)13-4-3-7-17(13)20(18,19)14-8-11(9-16)5-6-12(14)15/h5-6,8,10,13H,3-4,7,9H2,1-2H3. The zero-order valence-electron chi connectivity index (χ0n) is 11.6. The van der Waals surface area contributed by atoms with Crippen LogP contribution in [0.25, 0.3) is 0 Å². The van der Waals surface area contributed by atoms with Crippen LogP contribution in [0.1, 0.15) is 32.3 Å². The smallest absolute Gasteiger partial charge is 0.207 e. The largest absolute Gasteiger partial charge is 0.244 e. The molecule has 112 valence electrons. The van der Waals surface area contributed by atoms with E-state index in [1.165, 1.54) is 0 Å². The first kappa shape index (κ1) is 16.3. The molecule has 0 aliphatic carbocycles. The number of hydrogen-bond acceptors (Lipinski definition) is 2. The molecule has 6 heteroatoms. The molecule has 1 aliphatic rings. The van der Waals surface area contributed by atoms with E-state index in [0.717, 1.165) is 18.4 Å². The molecule has 1 unspecified atom stereocenters. The van der Waals surface area contributed by atoms with Crippen LogP contribution >= 0.6 is 27.5 Å². The average molecular weight is 381 g/mol. The number of alkyl halides is 1. The highest BCUT2D eigenvalue weighted by atomic mass is 79.9. The van der Waals surface area contributed by atoms with E-state index in [1.807, 2.05) is 6.07 Å². The van der Waals surface area contributed by atoms with Crippen LogP contribution in [-0.2, 0) is 15.9 Å². The lowest BCUT2D eigenvalue weighted by Gasteiger charge is -2.27. The van der Waals surface area contributed by atoms with E-state index in [-0.39, 0.29) is 6.04 Å². The van der Waals surface area contributed by atoms with Crippen LogP contribution in [0.3, 0.4) is 0 Å². The van der Waals surface area contributed by atoms with Gasteiger partial charge in [-0.15, -0.1) is 11.6 Å². The Morgan fingerprint density at radius 2 is 2.15 bits per heavy atom. The molecule has 0 radical (unpaired) electrons. The molecule has 1 fully saturated rings. The molecule has 1 aromatic carbocycles. The second-order valence-electron chi connectivity index (χ2n) is 5.47. The quantitative estimate of drug-likeness (QED) is 0.740. The molecule has 2 rings (SSSR count). The fraction of sp³-hybridized carbons (Fsp3) is 0.571. The minimum atomic E-state index is -3.47. The van der Waals surface area contributed by atoms with Crippen molar-refractivity contribution in [3.8, 4) is 0 Å². The highest BCUT2D eigenvalue weighted by Crippen LogP contribution is 2.33. The summed E-state index contributed by atoms with van der Waals surface area (Å²) >= 11 is 9.17. The molecule has 0 spiro atoms. The molecule has 1 aromatic rings. The van der Waals surface area contributed by atoms with Crippen LogP contribution in [0.4, 0.5) is 0 Å². The highest BCUT2D eigenvalue weighted by Gasteiger charge is 2.37. The Kier molecular flexibility index (Phi) is 5.16. The number of rotatable bonds is 4. The van der Waals surface area contributed by atoms with Crippen molar-refractivity contribution in [2.45, 2.75) is 43.5 Å². The van der Waals surface area contributed by atoms with Gasteiger partial charge in [0.25, 0.3) is 0 Å². The van der Waals surface area contributed by atoms with E-state index >= 15 is 0 Å². The Morgan fingerprint density at radius 1 is 1.45 bits per heavy atom. The molecule has 1 heterocycles. The summed E-state index contributed by atoms with van der Waals surface area (Å²) in [5, 5.41) is 0. The maximum atomic E-state index is 12.9. The molecule has 20 heavy (non-hydrogen) atoms. The molecule has 1 aliphatic heterocycles. The van der Waals surface area contributed by atoms with Gasteiger partial charge in [-0.2, -0.15) is 4.31 Å². The average Bonchev–Trinajstić information content (AvgIpc) is 2.89. The van der Waals surface area contributed by atoms with Gasteiger partial charge in [-0.25, -0.2) is 8.42 Å². The monoisotopic (exact) mass is 379 g/mol. The molecule has 0 N–H and O–H groups in total. The number of halogens is 2. The van der Waals surface area contributed by atoms with Gasteiger partial charge in [0.15, 0.2) is 0 Å². The lowest BCUT2D eigenvalue weighted by atomic mass is 10.0. The van der Waals surface area contributed by atoms with E-state index in [2.05, 4.69) is 29.8 Å². The van der Waals surface area contributed by atoms with Crippen molar-refractivity contribution >= 4 is 37.6 Å². The van der Waals surface area contributed by atoms with Gasteiger partial charge < -0.3 is 0 Å². The number of sulfonamides is 1. The molecule has 0 saturated carbocycles. The molecule has 1 saturated heterocycles. The first-order valence-electron chi connectivity index (χ1n) is 6.74. The van der Waals surface area contributed by atoms with Crippen molar-refractivity contribution in [2.75, 3.05) is 6.54 Å². The Balaban J connectivity index is 2.44. The van der Waals surface area contributed by atoms with E-state index < -0.39 is 10.0 Å². The van der Waals surface area contributed by atoms with Gasteiger partial charge in [0, 0.05) is 22.9 Å². The lowest BCUT2D eigenvalue weighted by molar-refractivity contribution is 0.315. The van der Waals surface area contributed by atoms with E-state index in [4.69, 9.17) is 11.6 Å². The fourth-order valence-corrected chi connectivity index (χ4v) is 5.65. The SMILES string of the molecule is CC(C)C1CCCN1S(=O)(=O)c1cc(CCl)ccc1Br. The van der Waals surface area contributed by atoms with Gasteiger partial charge in [-0.1, -0.05) is 19.9 Å². The summed E-state index contributed by atoms with van der Waals surface area (Å²) in [6.07, 6.45) is 1.86.